The highest BCUT2D eigenvalue weighted by molar-refractivity contribution is 7.92. The van der Waals surface area contributed by atoms with Crippen LogP contribution in [0.2, 0.25) is 5.02 Å². The van der Waals surface area contributed by atoms with E-state index >= 15 is 0 Å². The third kappa shape index (κ3) is 5.56. The molecule has 0 fully saturated rings. The second-order valence-corrected chi connectivity index (χ2v) is 8.75. The molecule has 1 N–H and O–H groups in total. The van der Waals surface area contributed by atoms with Crippen molar-refractivity contribution in [1.82, 2.24) is 0 Å². The maximum atomic E-state index is 13.3. The molecule has 0 spiro atoms. The quantitative estimate of drug-likeness (QED) is 0.614. The Morgan fingerprint density at radius 2 is 1.69 bits per heavy atom. The van der Waals surface area contributed by atoms with Crippen molar-refractivity contribution in [3.8, 4) is 0 Å². The Labute approximate surface area is 173 Å². The Morgan fingerprint density at radius 1 is 1.03 bits per heavy atom. The van der Waals surface area contributed by atoms with Gasteiger partial charge in [0.15, 0.2) is 0 Å². The van der Waals surface area contributed by atoms with Crippen LogP contribution >= 0.6 is 11.6 Å². The number of nitrogens with zero attached hydrogens (tertiary/aromatic N) is 1. The molecule has 0 saturated carbocycles. The lowest BCUT2D eigenvalue weighted by molar-refractivity contribution is 0.102. The smallest absolute Gasteiger partial charge is 0.255 e. The topological polar surface area (TPSA) is 66.5 Å². The van der Waals surface area contributed by atoms with Crippen LogP contribution in [0.25, 0.3) is 0 Å². The van der Waals surface area contributed by atoms with Gasteiger partial charge in [-0.05, 0) is 60.2 Å². The molecule has 0 heterocycles. The van der Waals surface area contributed by atoms with Crippen molar-refractivity contribution in [3.05, 3.63) is 94.8 Å². The summed E-state index contributed by atoms with van der Waals surface area (Å²) in [6, 6.07) is 18.6. The molecule has 0 aliphatic heterocycles. The van der Waals surface area contributed by atoms with Crippen LogP contribution in [-0.2, 0) is 16.6 Å². The van der Waals surface area contributed by atoms with Crippen LogP contribution in [-0.4, -0.2) is 20.6 Å². The summed E-state index contributed by atoms with van der Waals surface area (Å²) < 4.78 is 39.1. The van der Waals surface area contributed by atoms with Gasteiger partial charge in [0.25, 0.3) is 5.91 Å². The third-order valence-electron chi connectivity index (χ3n) is 4.14. The molecular weight excluding hydrogens is 415 g/mol. The standard InChI is InChI=1S/C21H18ClFN2O3S/c1-29(27,28)25(14-15-5-9-17(22)10-6-15)20-11-7-16(8-12-20)21(26)24-19-4-2-3-18(23)13-19/h2-13H,14H2,1H3,(H,24,26). The Hall–Kier alpha value is -2.90. The van der Waals surface area contributed by atoms with E-state index in [1.807, 2.05) is 0 Å². The Bertz CT molecular complexity index is 1120. The summed E-state index contributed by atoms with van der Waals surface area (Å²) in [6.07, 6.45) is 1.12. The Kier molecular flexibility index (Phi) is 6.20. The molecule has 0 aliphatic carbocycles. The lowest BCUT2D eigenvalue weighted by atomic mass is 10.1. The normalized spacial score (nSPS) is 11.1. The summed E-state index contributed by atoms with van der Waals surface area (Å²) in [7, 11) is -3.55. The number of hydrogen-bond acceptors (Lipinski definition) is 3. The van der Waals surface area contributed by atoms with E-state index in [-0.39, 0.29) is 6.54 Å². The molecule has 150 valence electrons. The zero-order chi connectivity index (χ0) is 21.0. The Balaban J connectivity index is 1.80. The predicted molar refractivity (Wildman–Crippen MR) is 113 cm³/mol. The minimum atomic E-state index is -3.55. The van der Waals surface area contributed by atoms with Crippen molar-refractivity contribution in [2.45, 2.75) is 6.54 Å². The molecule has 0 aliphatic rings. The minimum Gasteiger partial charge on any atom is -0.322 e. The lowest BCUT2D eigenvalue weighted by Gasteiger charge is -2.23. The van der Waals surface area contributed by atoms with Gasteiger partial charge in [-0.2, -0.15) is 0 Å². The number of carbonyl (C=O) groups excluding carboxylic acids is 1. The summed E-state index contributed by atoms with van der Waals surface area (Å²) in [5, 5.41) is 3.16. The summed E-state index contributed by atoms with van der Waals surface area (Å²) in [4.78, 5) is 12.3. The van der Waals surface area contributed by atoms with Crippen molar-refractivity contribution in [2.24, 2.45) is 0 Å². The summed E-state index contributed by atoms with van der Waals surface area (Å²) in [5.41, 5.74) is 1.84. The van der Waals surface area contributed by atoms with Crippen LogP contribution in [0.3, 0.4) is 0 Å². The second kappa shape index (κ2) is 8.63. The van der Waals surface area contributed by atoms with Crippen molar-refractivity contribution in [2.75, 3.05) is 15.9 Å². The minimum absolute atomic E-state index is 0.130. The van der Waals surface area contributed by atoms with Gasteiger partial charge in [0, 0.05) is 16.3 Å². The fourth-order valence-corrected chi connectivity index (χ4v) is 3.72. The summed E-state index contributed by atoms with van der Waals surface area (Å²) in [5.74, 6) is -0.880. The van der Waals surface area contributed by atoms with Gasteiger partial charge in [0.05, 0.1) is 18.5 Å². The zero-order valence-electron chi connectivity index (χ0n) is 15.5. The number of amides is 1. The van der Waals surface area contributed by atoms with E-state index < -0.39 is 21.7 Å². The molecule has 0 unspecified atom stereocenters. The van der Waals surface area contributed by atoms with E-state index in [0.717, 1.165) is 11.8 Å². The largest absolute Gasteiger partial charge is 0.322 e. The van der Waals surface area contributed by atoms with Crippen molar-refractivity contribution in [3.63, 3.8) is 0 Å². The van der Waals surface area contributed by atoms with Gasteiger partial charge in [0.1, 0.15) is 5.82 Å². The molecule has 1 amide bonds. The monoisotopic (exact) mass is 432 g/mol. The highest BCUT2D eigenvalue weighted by Gasteiger charge is 2.18. The molecule has 0 atom stereocenters. The van der Waals surface area contributed by atoms with E-state index in [1.165, 1.54) is 34.6 Å². The fraction of sp³-hybridized carbons (Fsp3) is 0.0952. The van der Waals surface area contributed by atoms with Crippen LogP contribution in [0.5, 0.6) is 0 Å². The lowest BCUT2D eigenvalue weighted by Crippen LogP contribution is -2.29. The van der Waals surface area contributed by atoms with E-state index in [4.69, 9.17) is 11.6 Å². The highest BCUT2D eigenvalue weighted by atomic mass is 35.5. The van der Waals surface area contributed by atoms with Gasteiger partial charge in [-0.1, -0.05) is 29.8 Å². The van der Waals surface area contributed by atoms with Gasteiger partial charge in [0.2, 0.25) is 10.0 Å². The highest BCUT2D eigenvalue weighted by Crippen LogP contribution is 2.22. The number of rotatable bonds is 6. The molecule has 29 heavy (non-hydrogen) atoms. The third-order valence-corrected chi connectivity index (χ3v) is 5.53. The van der Waals surface area contributed by atoms with E-state index in [1.54, 1.807) is 42.5 Å². The molecule has 0 radical (unpaired) electrons. The van der Waals surface area contributed by atoms with Gasteiger partial charge in [-0.3, -0.25) is 9.10 Å². The molecule has 0 aromatic heterocycles. The van der Waals surface area contributed by atoms with E-state index in [2.05, 4.69) is 5.32 Å². The van der Waals surface area contributed by atoms with Crippen LogP contribution in [0.4, 0.5) is 15.8 Å². The summed E-state index contributed by atoms with van der Waals surface area (Å²) in [6.45, 7) is 0.130. The number of anilines is 2. The number of sulfonamides is 1. The summed E-state index contributed by atoms with van der Waals surface area (Å²) >= 11 is 5.88. The van der Waals surface area contributed by atoms with Crippen molar-refractivity contribution < 1.29 is 17.6 Å². The van der Waals surface area contributed by atoms with E-state index in [0.29, 0.717) is 22.0 Å². The molecule has 8 heteroatoms. The first-order valence-electron chi connectivity index (χ1n) is 8.61. The number of benzene rings is 3. The van der Waals surface area contributed by atoms with Gasteiger partial charge < -0.3 is 5.32 Å². The molecule has 3 aromatic rings. The first-order chi connectivity index (χ1) is 13.7. The van der Waals surface area contributed by atoms with Crippen LogP contribution < -0.4 is 9.62 Å². The number of nitrogens with one attached hydrogen (secondary N) is 1. The van der Waals surface area contributed by atoms with Crippen LogP contribution in [0.15, 0.2) is 72.8 Å². The average molecular weight is 433 g/mol. The zero-order valence-corrected chi connectivity index (χ0v) is 17.0. The van der Waals surface area contributed by atoms with E-state index in [9.17, 15) is 17.6 Å². The van der Waals surface area contributed by atoms with Crippen molar-refractivity contribution >= 4 is 38.9 Å². The maximum absolute atomic E-state index is 13.3. The molecular formula is C21H18ClFN2O3S. The number of carbonyl (C=O) groups is 1. The van der Waals surface area contributed by atoms with Gasteiger partial charge in [-0.25, -0.2) is 12.8 Å². The van der Waals surface area contributed by atoms with Gasteiger partial charge in [-0.15, -0.1) is 0 Å². The first-order valence-corrected chi connectivity index (χ1v) is 10.8. The fourth-order valence-electron chi connectivity index (χ4n) is 2.70. The second-order valence-electron chi connectivity index (χ2n) is 6.41. The van der Waals surface area contributed by atoms with Crippen LogP contribution in [0, 0.1) is 5.82 Å². The predicted octanol–water partition coefficient (Wildman–Crippen LogP) is 4.70. The van der Waals surface area contributed by atoms with Crippen molar-refractivity contribution in [1.29, 1.82) is 0 Å². The number of halogens is 2. The van der Waals surface area contributed by atoms with Crippen LogP contribution in [0.1, 0.15) is 15.9 Å². The van der Waals surface area contributed by atoms with Gasteiger partial charge >= 0.3 is 0 Å². The molecule has 0 saturated heterocycles. The first kappa shape index (κ1) is 20.8. The molecule has 3 aromatic carbocycles. The maximum Gasteiger partial charge on any atom is 0.255 e. The number of hydrogen-bond donors (Lipinski definition) is 1. The Morgan fingerprint density at radius 3 is 2.28 bits per heavy atom. The molecule has 3 rings (SSSR count). The molecule has 5 nitrogen and oxygen atoms in total. The molecule has 0 bridgehead atoms. The average Bonchev–Trinajstić information content (AvgIpc) is 2.67. The SMILES string of the molecule is CS(=O)(=O)N(Cc1ccc(Cl)cc1)c1ccc(C(=O)Nc2cccc(F)c2)cc1.